The van der Waals surface area contributed by atoms with E-state index in [0.717, 1.165) is 10.0 Å². The standard InChI is InChI=1S/C20H16BrN3O3S/c1-27-16-5-3-2-4-14(16)17(18(25)23-20-22-8-9-28-20)24-11-12-6-7-13(21)10-15(12)19(24)26/h2-10,17H,11H2,1H3,(H,22,23,25). The van der Waals surface area contributed by atoms with Crippen LogP contribution in [0.1, 0.15) is 27.5 Å². The molecule has 0 fully saturated rings. The molecule has 1 aliphatic heterocycles. The highest BCUT2D eigenvalue weighted by Gasteiger charge is 2.39. The number of methoxy groups -OCH3 is 1. The van der Waals surface area contributed by atoms with Crippen LogP contribution in [0.2, 0.25) is 0 Å². The maximum Gasteiger partial charge on any atom is 0.255 e. The molecule has 6 nitrogen and oxygen atoms in total. The number of ether oxygens (including phenoxy) is 1. The Kier molecular flexibility index (Phi) is 5.15. The van der Waals surface area contributed by atoms with Crippen molar-refractivity contribution < 1.29 is 14.3 Å². The van der Waals surface area contributed by atoms with Crippen molar-refractivity contribution in [3.8, 4) is 5.75 Å². The van der Waals surface area contributed by atoms with Gasteiger partial charge in [0, 0.05) is 33.7 Å². The zero-order valence-electron chi connectivity index (χ0n) is 14.9. The van der Waals surface area contributed by atoms with Crippen LogP contribution in [0.5, 0.6) is 5.75 Å². The lowest BCUT2D eigenvalue weighted by Gasteiger charge is -2.28. The van der Waals surface area contributed by atoms with Crippen LogP contribution in [0.15, 0.2) is 58.5 Å². The quantitative estimate of drug-likeness (QED) is 0.621. The molecule has 0 saturated heterocycles. The van der Waals surface area contributed by atoms with E-state index in [0.29, 0.717) is 28.6 Å². The van der Waals surface area contributed by atoms with Crippen molar-refractivity contribution in [3.05, 3.63) is 75.2 Å². The number of rotatable bonds is 5. The maximum absolute atomic E-state index is 13.2. The van der Waals surface area contributed by atoms with Crippen LogP contribution in [-0.2, 0) is 11.3 Å². The molecule has 1 unspecified atom stereocenters. The molecule has 2 amide bonds. The number of hydrogen-bond acceptors (Lipinski definition) is 5. The Labute approximate surface area is 174 Å². The molecule has 0 aliphatic carbocycles. The molecule has 4 rings (SSSR count). The van der Waals surface area contributed by atoms with Gasteiger partial charge in [-0.3, -0.25) is 14.9 Å². The number of benzene rings is 2. The first-order chi connectivity index (χ1) is 13.6. The summed E-state index contributed by atoms with van der Waals surface area (Å²) in [7, 11) is 1.55. The number of anilines is 1. The molecule has 0 bridgehead atoms. The molecule has 0 radical (unpaired) electrons. The number of aromatic nitrogens is 1. The lowest BCUT2D eigenvalue weighted by atomic mass is 10.0. The Balaban J connectivity index is 1.75. The third-order valence-electron chi connectivity index (χ3n) is 4.56. The number of para-hydroxylation sites is 1. The third-order valence-corrected chi connectivity index (χ3v) is 5.74. The van der Waals surface area contributed by atoms with E-state index in [4.69, 9.17) is 4.74 Å². The number of hydrogen-bond donors (Lipinski definition) is 1. The smallest absolute Gasteiger partial charge is 0.255 e. The van der Waals surface area contributed by atoms with Crippen molar-refractivity contribution >= 4 is 44.2 Å². The van der Waals surface area contributed by atoms with E-state index in [1.165, 1.54) is 11.3 Å². The number of carbonyl (C=O) groups is 2. The lowest BCUT2D eigenvalue weighted by Crippen LogP contribution is -2.37. The van der Waals surface area contributed by atoms with Gasteiger partial charge in [-0.1, -0.05) is 40.2 Å². The zero-order valence-corrected chi connectivity index (χ0v) is 17.3. The molecule has 1 aromatic heterocycles. The third kappa shape index (κ3) is 3.41. The van der Waals surface area contributed by atoms with Gasteiger partial charge in [0.15, 0.2) is 5.13 Å². The molecule has 2 heterocycles. The van der Waals surface area contributed by atoms with Crippen molar-refractivity contribution in [1.82, 2.24) is 9.88 Å². The Morgan fingerprint density at radius 3 is 2.89 bits per heavy atom. The van der Waals surface area contributed by atoms with Crippen molar-refractivity contribution in [2.24, 2.45) is 0 Å². The van der Waals surface area contributed by atoms with Crippen molar-refractivity contribution in [3.63, 3.8) is 0 Å². The van der Waals surface area contributed by atoms with Crippen LogP contribution in [0, 0.1) is 0 Å². The second-order valence-electron chi connectivity index (χ2n) is 6.21. The van der Waals surface area contributed by atoms with Gasteiger partial charge in [0.2, 0.25) is 0 Å². The Morgan fingerprint density at radius 1 is 1.32 bits per heavy atom. The molecule has 142 valence electrons. The number of nitrogens with one attached hydrogen (secondary N) is 1. The molecular formula is C20H16BrN3O3S. The van der Waals surface area contributed by atoms with Gasteiger partial charge in [0.25, 0.3) is 11.8 Å². The summed E-state index contributed by atoms with van der Waals surface area (Å²) in [5.74, 6) is 0.0212. The SMILES string of the molecule is COc1ccccc1C(C(=O)Nc1nccs1)N1Cc2ccc(Br)cc2C1=O. The molecule has 1 atom stereocenters. The molecule has 8 heteroatoms. The number of carbonyl (C=O) groups excluding carboxylic acids is 2. The molecular weight excluding hydrogens is 442 g/mol. The monoisotopic (exact) mass is 457 g/mol. The first-order valence-electron chi connectivity index (χ1n) is 8.51. The first-order valence-corrected chi connectivity index (χ1v) is 10.2. The largest absolute Gasteiger partial charge is 0.496 e. The van der Waals surface area contributed by atoms with Gasteiger partial charge < -0.3 is 9.64 Å². The summed E-state index contributed by atoms with van der Waals surface area (Å²) in [5.41, 5.74) is 2.10. The van der Waals surface area contributed by atoms with Crippen molar-refractivity contribution in [2.75, 3.05) is 12.4 Å². The molecule has 3 aromatic rings. The van der Waals surface area contributed by atoms with Gasteiger partial charge in [-0.2, -0.15) is 0 Å². The van der Waals surface area contributed by atoms with Crippen LogP contribution in [0.3, 0.4) is 0 Å². The second-order valence-corrected chi connectivity index (χ2v) is 8.02. The summed E-state index contributed by atoms with van der Waals surface area (Å²) < 4.78 is 6.29. The summed E-state index contributed by atoms with van der Waals surface area (Å²) in [6.07, 6.45) is 1.62. The van der Waals surface area contributed by atoms with E-state index in [1.54, 1.807) is 41.8 Å². The van der Waals surface area contributed by atoms with Gasteiger partial charge >= 0.3 is 0 Å². The van der Waals surface area contributed by atoms with Gasteiger partial charge in [-0.05, 0) is 23.8 Å². The minimum Gasteiger partial charge on any atom is -0.496 e. The van der Waals surface area contributed by atoms with Gasteiger partial charge in [-0.25, -0.2) is 4.98 Å². The maximum atomic E-state index is 13.2. The fourth-order valence-electron chi connectivity index (χ4n) is 3.31. The van der Waals surface area contributed by atoms with Crippen LogP contribution >= 0.6 is 27.3 Å². The number of nitrogens with zero attached hydrogens (tertiary/aromatic N) is 2. The van der Waals surface area contributed by atoms with Crippen molar-refractivity contribution in [2.45, 2.75) is 12.6 Å². The van der Waals surface area contributed by atoms with Crippen molar-refractivity contribution in [1.29, 1.82) is 0 Å². The number of halogens is 1. The summed E-state index contributed by atoms with van der Waals surface area (Å²) in [6, 6.07) is 12.0. The van der Waals surface area contributed by atoms with Gasteiger partial charge in [-0.15, -0.1) is 11.3 Å². The molecule has 0 saturated carbocycles. The Bertz CT molecular complexity index is 1040. The predicted molar refractivity (Wildman–Crippen MR) is 110 cm³/mol. The minimum atomic E-state index is -0.848. The fourth-order valence-corrected chi connectivity index (χ4v) is 4.20. The summed E-state index contributed by atoms with van der Waals surface area (Å²) in [6.45, 7) is 0.343. The summed E-state index contributed by atoms with van der Waals surface area (Å²) in [4.78, 5) is 32.1. The second kappa shape index (κ2) is 7.73. The van der Waals surface area contributed by atoms with Crippen LogP contribution < -0.4 is 10.1 Å². The highest BCUT2D eigenvalue weighted by Crippen LogP contribution is 2.37. The molecule has 2 aromatic carbocycles. The van der Waals surface area contributed by atoms with E-state index < -0.39 is 6.04 Å². The fraction of sp³-hybridized carbons (Fsp3) is 0.150. The van der Waals surface area contributed by atoms with E-state index in [-0.39, 0.29) is 11.8 Å². The molecule has 0 spiro atoms. The highest BCUT2D eigenvalue weighted by molar-refractivity contribution is 9.10. The molecule has 1 aliphatic rings. The Morgan fingerprint density at radius 2 is 2.14 bits per heavy atom. The number of fused-ring (bicyclic) bond motifs is 1. The van der Waals surface area contributed by atoms with E-state index in [9.17, 15) is 9.59 Å². The average Bonchev–Trinajstić information content (AvgIpc) is 3.31. The number of amides is 2. The lowest BCUT2D eigenvalue weighted by molar-refractivity contribution is -0.120. The summed E-state index contributed by atoms with van der Waals surface area (Å²) >= 11 is 4.73. The average molecular weight is 458 g/mol. The minimum absolute atomic E-state index is 0.193. The highest BCUT2D eigenvalue weighted by atomic mass is 79.9. The predicted octanol–water partition coefficient (Wildman–Crippen LogP) is 4.25. The van der Waals surface area contributed by atoms with Crippen LogP contribution in [0.4, 0.5) is 5.13 Å². The summed E-state index contributed by atoms with van der Waals surface area (Å²) in [5, 5.41) is 5.08. The Hall–Kier alpha value is -2.71. The van der Waals surface area contributed by atoms with Gasteiger partial charge in [0.1, 0.15) is 11.8 Å². The van der Waals surface area contributed by atoms with E-state index >= 15 is 0 Å². The van der Waals surface area contributed by atoms with Gasteiger partial charge in [0.05, 0.1) is 7.11 Å². The first kappa shape index (κ1) is 18.6. The number of thiazole rings is 1. The van der Waals surface area contributed by atoms with E-state index in [2.05, 4.69) is 26.2 Å². The zero-order chi connectivity index (χ0) is 19.7. The van der Waals surface area contributed by atoms with E-state index in [1.807, 2.05) is 24.3 Å². The normalized spacial score (nSPS) is 13.9. The topological polar surface area (TPSA) is 71.5 Å². The molecule has 28 heavy (non-hydrogen) atoms. The van der Waals surface area contributed by atoms with Crippen LogP contribution in [0.25, 0.3) is 0 Å². The molecule has 1 N–H and O–H groups in total. The van der Waals surface area contributed by atoms with Crippen LogP contribution in [-0.4, -0.2) is 28.8 Å².